The predicted octanol–water partition coefficient (Wildman–Crippen LogP) is 1.84. The Hall–Kier alpha value is -0.643. The fraction of sp³-hybridized carbons (Fsp3) is 0.455. The second-order valence-corrected chi connectivity index (χ2v) is 6.10. The van der Waals surface area contributed by atoms with Crippen LogP contribution in [0.5, 0.6) is 0 Å². The standard InChI is InChI=1S/C11H17O2Si/c1-4-12-14(3,13-5-2)11-9-7-6-8-10-11/h6-9H,4-5H2,1-3H3. The van der Waals surface area contributed by atoms with Crippen molar-refractivity contribution >= 4 is 13.7 Å². The molecule has 0 amide bonds. The van der Waals surface area contributed by atoms with Crippen LogP contribution in [0.4, 0.5) is 0 Å². The van der Waals surface area contributed by atoms with Gasteiger partial charge >= 0.3 is 8.56 Å². The lowest BCUT2D eigenvalue weighted by Gasteiger charge is -2.25. The van der Waals surface area contributed by atoms with Gasteiger partial charge in [0.05, 0.1) is 0 Å². The first-order valence-electron chi connectivity index (χ1n) is 4.98. The van der Waals surface area contributed by atoms with Gasteiger partial charge in [0.15, 0.2) is 0 Å². The Morgan fingerprint density at radius 3 is 2.29 bits per heavy atom. The summed E-state index contributed by atoms with van der Waals surface area (Å²) in [5.41, 5.74) is 0. The second-order valence-electron chi connectivity index (χ2n) is 3.09. The normalized spacial score (nSPS) is 11.6. The molecule has 0 saturated carbocycles. The van der Waals surface area contributed by atoms with E-state index in [1.807, 2.05) is 38.1 Å². The van der Waals surface area contributed by atoms with Crippen LogP contribution in [0.25, 0.3) is 0 Å². The Labute approximate surface area is 87.1 Å². The van der Waals surface area contributed by atoms with Gasteiger partial charge in [-0.1, -0.05) is 24.3 Å². The summed E-state index contributed by atoms with van der Waals surface area (Å²) in [6.07, 6.45) is 0. The molecule has 2 nitrogen and oxygen atoms in total. The highest BCUT2D eigenvalue weighted by molar-refractivity contribution is 6.79. The van der Waals surface area contributed by atoms with E-state index in [1.54, 1.807) is 0 Å². The maximum atomic E-state index is 5.74. The molecule has 1 rings (SSSR count). The minimum absolute atomic E-state index is 0.686. The molecular weight excluding hydrogens is 192 g/mol. The fourth-order valence-corrected chi connectivity index (χ4v) is 3.66. The third-order valence-electron chi connectivity index (χ3n) is 2.04. The van der Waals surface area contributed by atoms with E-state index in [-0.39, 0.29) is 0 Å². The van der Waals surface area contributed by atoms with Gasteiger partial charge in [0.1, 0.15) is 0 Å². The van der Waals surface area contributed by atoms with Crippen LogP contribution in [-0.4, -0.2) is 21.8 Å². The summed E-state index contributed by atoms with van der Waals surface area (Å²) in [5.74, 6) is 0. The van der Waals surface area contributed by atoms with Crippen molar-refractivity contribution in [3.8, 4) is 0 Å². The molecule has 0 aliphatic rings. The van der Waals surface area contributed by atoms with E-state index in [0.29, 0.717) is 13.2 Å². The summed E-state index contributed by atoms with van der Waals surface area (Å²) < 4.78 is 11.5. The van der Waals surface area contributed by atoms with Crippen molar-refractivity contribution in [2.45, 2.75) is 20.4 Å². The van der Waals surface area contributed by atoms with Gasteiger partial charge in [-0.15, -0.1) is 0 Å². The highest BCUT2D eigenvalue weighted by atomic mass is 28.4. The quantitative estimate of drug-likeness (QED) is 0.689. The highest BCUT2D eigenvalue weighted by Crippen LogP contribution is 2.07. The van der Waals surface area contributed by atoms with E-state index in [9.17, 15) is 0 Å². The van der Waals surface area contributed by atoms with Crippen molar-refractivity contribution in [3.05, 3.63) is 30.3 Å². The molecule has 0 bridgehead atoms. The fourth-order valence-electron chi connectivity index (χ4n) is 1.42. The number of benzene rings is 1. The van der Waals surface area contributed by atoms with Crippen LogP contribution in [0.1, 0.15) is 13.8 Å². The van der Waals surface area contributed by atoms with Crippen molar-refractivity contribution in [2.24, 2.45) is 0 Å². The number of hydrogen-bond donors (Lipinski definition) is 0. The lowest BCUT2D eigenvalue weighted by atomic mass is 10.4. The Morgan fingerprint density at radius 1 is 1.21 bits per heavy atom. The van der Waals surface area contributed by atoms with Gasteiger partial charge in [-0.3, -0.25) is 0 Å². The van der Waals surface area contributed by atoms with Crippen molar-refractivity contribution in [1.82, 2.24) is 0 Å². The van der Waals surface area contributed by atoms with Crippen LogP contribution in [0.15, 0.2) is 24.3 Å². The lowest BCUT2D eigenvalue weighted by Crippen LogP contribution is -2.51. The molecule has 14 heavy (non-hydrogen) atoms. The van der Waals surface area contributed by atoms with Crippen molar-refractivity contribution in [1.29, 1.82) is 0 Å². The van der Waals surface area contributed by atoms with Crippen LogP contribution in [-0.2, 0) is 8.85 Å². The van der Waals surface area contributed by atoms with Crippen LogP contribution in [0.2, 0.25) is 6.55 Å². The molecule has 1 aromatic rings. The van der Waals surface area contributed by atoms with E-state index in [4.69, 9.17) is 8.85 Å². The second kappa shape index (κ2) is 5.29. The first kappa shape index (κ1) is 11.4. The molecule has 0 aliphatic heterocycles. The monoisotopic (exact) mass is 209 g/mol. The summed E-state index contributed by atoms with van der Waals surface area (Å²) in [6, 6.07) is 11.1. The van der Waals surface area contributed by atoms with Gasteiger partial charge in [-0.2, -0.15) is 0 Å². The van der Waals surface area contributed by atoms with Crippen molar-refractivity contribution < 1.29 is 8.85 Å². The number of rotatable bonds is 5. The highest BCUT2D eigenvalue weighted by Gasteiger charge is 2.33. The van der Waals surface area contributed by atoms with Crippen LogP contribution in [0, 0.1) is 6.07 Å². The molecule has 0 aliphatic carbocycles. The molecule has 1 aromatic carbocycles. The van der Waals surface area contributed by atoms with Crippen LogP contribution in [0.3, 0.4) is 0 Å². The minimum Gasteiger partial charge on any atom is -0.391 e. The Balaban J connectivity index is 2.87. The van der Waals surface area contributed by atoms with Crippen molar-refractivity contribution in [2.75, 3.05) is 13.2 Å². The average molecular weight is 209 g/mol. The molecule has 0 N–H and O–H groups in total. The molecule has 0 heterocycles. The minimum atomic E-state index is -2.18. The maximum absolute atomic E-state index is 5.74. The zero-order valence-electron chi connectivity index (χ0n) is 9.04. The zero-order valence-corrected chi connectivity index (χ0v) is 10.0. The SMILES string of the molecule is CCO[Si](C)(OCC)c1[c]cccc1. The van der Waals surface area contributed by atoms with Gasteiger partial charge < -0.3 is 8.85 Å². The van der Waals surface area contributed by atoms with E-state index < -0.39 is 8.56 Å². The third-order valence-corrected chi connectivity index (χ3v) is 5.01. The molecule has 1 radical (unpaired) electrons. The van der Waals surface area contributed by atoms with E-state index in [2.05, 4.69) is 12.6 Å². The molecule has 0 fully saturated rings. The van der Waals surface area contributed by atoms with Crippen LogP contribution >= 0.6 is 0 Å². The summed E-state index contributed by atoms with van der Waals surface area (Å²) in [6.45, 7) is 7.42. The molecular formula is C11H17O2Si. The molecule has 0 saturated heterocycles. The largest absolute Gasteiger partial charge is 0.391 e. The number of hydrogen-bond acceptors (Lipinski definition) is 2. The maximum Gasteiger partial charge on any atom is 0.369 e. The van der Waals surface area contributed by atoms with Gasteiger partial charge in [0, 0.05) is 18.4 Å². The zero-order chi connectivity index (χ0) is 10.4. The third kappa shape index (κ3) is 2.67. The molecule has 77 valence electrons. The Bertz CT molecular complexity index is 255. The topological polar surface area (TPSA) is 18.5 Å². The van der Waals surface area contributed by atoms with Gasteiger partial charge in [0.25, 0.3) is 0 Å². The smallest absolute Gasteiger partial charge is 0.369 e. The van der Waals surface area contributed by atoms with Gasteiger partial charge in [0.2, 0.25) is 0 Å². The average Bonchev–Trinajstić information content (AvgIpc) is 2.20. The van der Waals surface area contributed by atoms with Crippen molar-refractivity contribution in [3.63, 3.8) is 0 Å². The lowest BCUT2D eigenvalue weighted by molar-refractivity contribution is 0.202. The Morgan fingerprint density at radius 2 is 1.86 bits per heavy atom. The van der Waals surface area contributed by atoms with E-state index in [1.165, 1.54) is 0 Å². The van der Waals surface area contributed by atoms with Gasteiger partial charge in [-0.25, -0.2) is 0 Å². The predicted molar refractivity (Wildman–Crippen MR) is 59.8 cm³/mol. The molecule has 3 heteroatoms. The van der Waals surface area contributed by atoms with Crippen LogP contribution < -0.4 is 5.19 Å². The first-order chi connectivity index (χ1) is 6.73. The van der Waals surface area contributed by atoms with Gasteiger partial charge in [-0.05, 0) is 26.5 Å². The first-order valence-corrected chi connectivity index (χ1v) is 7.29. The molecule has 0 aromatic heterocycles. The summed E-state index contributed by atoms with van der Waals surface area (Å²) in [7, 11) is -2.18. The summed E-state index contributed by atoms with van der Waals surface area (Å²) >= 11 is 0. The summed E-state index contributed by atoms with van der Waals surface area (Å²) in [4.78, 5) is 0. The Kier molecular flexibility index (Phi) is 4.32. The summed E-state index contributed by atoms with van der Waals surface area (Å²) in [5, 5.41) is 1.07. The molecule has 0 spiro atoms. The molecule has 0 atom stereocenters. The van der Waals surface area contributed by atoms with E-state index in [0.717, 1.165) is 5.19 Å². The van der Waals surface area contributed by atoms with E-state index >= 15 is 0 Å². The molecule has 0 unspecified atom stereocenters.